The second kappa shape index (κ2) is 6.39. The molecule has 1 saturated heterocycles. The molecule has 2 aromatic carbocycles. The Morgan fingerprint density at radius 2 is 1.57 bits per heavy atom. The molecule has 1 fully saturated rings. The highest BCUT2D eigenvalue weighted by Crippen LogP contribution is 2.29. The third-order valence-corrected chi connectivity index (χ3v) is 4.35. The SMILES string of the molecule is CNCC1C(C)NNC1c1ccc(-c2ccccc2)cc1. The van der Waals surface area contributed by atoms with Crippen molar-refractivity contribution in [1.29, 1.82) is 0 Å². The Kier molecular flexibility index (Phi) is 4.34. The summed E-state index contributed by atoms with van der Waals surface area (Å²) in [7, 11) is 2.01. The maximum atomic E-state index is 3.43. The van der Waals surface area contributed by atoms with Gasteiger partial charge < -0.3 is 5.32 Å². The van der Waals surface area contributed by atoms with Gasteiger partial charge in [0.05, 0.1) is 6.04 Å². The van der Waals surface area contributed by atoms with Gasteiger partial charge in [0.1, 0.15) is 0 Å². The molecule has 1 aliphatic rings. The van der Waals surface area contributed by atoms with Crippen molar-refractivity contribution >= 4 is 0 Å². The average molecular weight is 281 g/mol. The first-order valence-corrected chi connectivity index (χ1v) is 7.60. The summed E-state index contributed by atoms with van der Waals surface area (Å²) in [6.07, 6.45) is 0. The lowest BCUT2D eigenvalue weighted by Crippen LogP contribution is -2.31. The van der Waals surface area contributed by atoms with Crippen molar-refractivity contribution in [2.75, 3.05) is 13.6 Å². The number of hydrazine groups is 1. The van der Waals surface area contributed by atoms with E-state index in [1.165, 1.54) is 16.7 Å². The monoisotopic (exact) mass is 281 g/mol. The predicted octanol–water partition coefficient (Wildman–Crippen LogP) is 2.73. The smallest absolute Gasteiger partial charge is 0.0518 e. The molecule has 3 nitrogen and oxygen atoms in total. The van der Waals surface area contributed by atoms with Gasteiger partial charge >= 0.3 is 0 Å². The molecule has 0 aliphatic carbocycles. The zero-order chi connectivity index (χ0) is 14.7. The third-order valence-electron chi connectivity index (χ3n) is 4.35. The number of benzene rings is 2. The number of hydrogen-bond donors (Lipinski definition) is 3. The van der Waals surface area contributed by atoms with Crippen molar-refractivity contribution in [2.24, 2.45) is 5.92 Å². The molecule has 3 rings (SSSR count). The molecule has 0 bridgehead atoms. The van der Waals surface area contributed by atoms with Crippen molar-refractivity contribution in [1.82, 2.24) is 16.2 Å². The van der Waals surface area contributed by atoms with Crippen LogP contribution in [-0.2, 0) is 0 Å². The lowest BCUT2D eigenvalue weighted by Gasteiger charge is -2.21. The Balaban J connectivity index is 1.81. The highest BCUT2D eigenvalue weighted by atomic mass is 15.4. The molecule has 2 aromatic rings. The van der Waals surface area contributed by atoms with E-state index in [9.17, 15) is 0 Å². The van der Waals surface area contributed by atoms with Crippen LogP contribution in [0.3, 0.4) is 0 Å². The largest absolute Gasteiger partial charge is 0.319 e. The minimum Gasteiger partial charge on any atom is -0.319 e. The molecule has 0 spiro atoms. The van der Waals surface area contributed by atoms with Crippen molar-refractivity contribution in [3.05, 3.63) is 60.2 Å². The van der Waals surface area contributed by atoms with Crippen LogP contribution in [0.1, 0.15) is 18.5 Å². The molecule has 1 aliphatic heterocycles. The van der Waals surface area contributed by atoms with Gasteiger partial charge in [-0.3, -0.25) is 5.43 Å². The Labute approximate surface area is 126 Å². The van der Waals surface area contributed by atoms with Gasteiger partial charge in [-0.25, -0.2) is 5.43 Å². The van der Waals surface area contributed by atoms with E-state index in [1.54, 1.807) is 0 Å². The molecule has 0 saturated carbocycles. The highest BCUT2D eigenvalue weighted by molar-refractivity contribution is 5.63. The van der Waals surface area contributed by atoms with E-state index in [-0.39, 0.29) is 0 Å². The molecule has 3 unspecified atom stereocenters. The molecule has 110 valence electrons. The van der Waals surface area contributed by atoms with Crippen LogP contribution in [0.15, 0.2) is 54.6 Å². The number of hydrogen-bond acceptors (Lipinski definition) is 3. The second-order valence-corrected chi connectivity index (χ2v) is 5.76. The van der Waals surface area contributed by atoms with Crippen LogP contribution in [-0.4, -0.2) is 19.6 Å². The molecule has 21 heavy (non-hydrogen) atoms. The summed E-state index contributed by atoms with van der Waals surface area (Å²) in [6.45, 7) is 3.24. The Bertz CT molecular complexity index is 565. The fraction of sp³-hybridized carbons (Fsp3) is 0.333. The van der Waals surface area contributed by atoms with Crippen molar-refractivity contribution in [3.63, 3.8) is 0 Å². The molecule has 3 N–H and O–H groups in total. The van der Waals surface area contributed by atoms with Crippen LogP contribution >= 0.6 is 0 Å². The molecule has 0 radical (unpaired) electrons. The molecule has 0 aromatic heterocycles. The van der Waals surface area contributed by atoms with Gasteiger partial charge in [0.2, 0.25) is 0 Å². The number of rotatable bonds is 4. The number of nitrogens with one attached hydrogen (secondary N) is 3. The van der Waals surface area contributed by atoms with Crippen LogP contribution < -0.4 is 16.2 Å². The van der Waals surface area contributed by atoms with Crippen molar-refractivity contribution < 1.29 is 0 Å². The van der Waals surface area contributed by atoms with Gasteiger partial charge in [0.15, 0.2) is 0 Å². The first kappa shape index (κ1) is 14.3. The second-order valence-electron chi connectivity index (χ2n) is 5.76. The van der Waals surface area contributed by atoms with Crippen molar-refractivity contribution in [3.8, 4) is 11.1 Å². The molecular weight excluding hydrogens is 258 g/mol. The lowest BCUT2D eigenvalue weighted by molar-refractivity contribution is 0.417. The van der Waals surface area contributed by atoms with Gasteiger partial charge in [-0.2, -0.15) is 0 Å². The topological polar surface area (TPSA) is 36.1 Å². The Hall–Kier alpha value is -1.68. The highest BCUT2D eigenvalue weighted by Gasteiger charge is 2.33. The minimum absolute atomic E-state index is 0.359. The van der Waals surface area contributed by atoms with E-state index >= 15 is 0 Å². The summed E-state index contributed by atoms with van der Waals surface area (Å²) in [5, 5.41) is 3.30. The van der Waals surface area contributed by atoms with Gasteiger partial charge in [-0.1, -0.05) is 54.6 Å². The van der Waals surface area contributed by atoms with Crippen LogP contribution in [0.25, 0.3) is 11.1 Å². The van der Waals surface area contributed by atoms with Gasteiger partial charge in [-0.05, 0) is 30.7 Å². The predicted molar refractivity (Wildman–Crippen MR) is 87.8 cm³/mol. The quantitative estimate of drug-likeness (QED) is 0.806. The third kappa shape index (κ3) is 3.00. The van der Waals surface area contributed by atoms with E-state index in [1.807, 2.05) is 7.05 Å². The van der Waals surface area contributed by atoms with Gasteiger partial charge in [0.25, 0.3) is 0 Å². The van der Waals surface area contributed by atoms with E-state index in [0.29, 0.717) is 18.0 Å². The van der Waals surface area contributed by atoms with E-state index < -0.39 is 0 Å². The molecule has 1 heterocycles. The summed E-state index contributed by atoms with van der Waals surface area (Å²) < 4.78 is 0. The fourth-order valence-corrected chi connectivity index (χ4v) is 3.10. The molecule has 3 heteroatoms. The Morgan fingerprint density at radius 3 is 2.24 bits per heavy atom. The normalized spacial score (nSPS) is 25.1. The zero-order valence-electron chi connectivity index (χ0n) is 12.6. The molecule has 0 amide bonds. The van der Waals surface area contributed by atoms with Crippen LogP contribution in [0.2, 0.25) is 0 Å². The van der Waals surface area contributed by atoms with E-state index in [2.05, 4.69) is 77.7 Å². The summed E-state index contributed by atoms with van der Waals surface area (Å²) >= 11 is 0. The van der Waals surface area contributed by atoms with Crippen LogP contribution in [0.5, 0.6) is 0 Å². The standard InChI is InChI=1S/C18H23N3/c1-13-17(12-19-2)18(21-20-13)16-10-8-15(9-11-16)14-6-4-3-5-7-14/h3-11,13,17-21H,12H2,1-2H3. The maximum absolute atomic E-state index is 3.43. The van der Waals surface area contributed by atoms with Crippen LogP contribution in [0.4, 0.5) is 0 Å². The van der Waals surface area contributed by atoms with Crippen LogP contribution in [0, 0.1) is 5.92 Å². The van der Waals surface area contributed by atoms with Gasteiger partial charge in [0, 0.05) is 18.5 Å². The summed E-state index contributed by atoms with van der Waals surface area (Å²) in [4.78, 5) is 0. The first-order chi connectivity index (χ1) is 10.3. The first-order valence-electron chi connectivity index (χ1n) is 7.60. The Morgan fingerprint density at radius 1 is 0.905 bits per heavy atom. The van der Waals surface area contributed by atoms with E-state index in [0.717, 1.165) is 6.54 Å². The van der Waals surface area contributed by atoms with Crippen molar-refractivity contribution in [2.45, 2.75) is 19.0 Å². The summed E-state index contributed by atoms with van der Waals surface area (Å²) in [5.41, 5.74) is 10.7. The fourth-order valence-electron chi connectivity index (χ4n) is 3.10. The van der Waals surface area contributed by atoms with Gasteiger partial charge in [-0.15, -0.1) is 0 Å². The minimum atomic E-state index is 0.359. The maximum Gasteiger partial charge on any atom is 0.0518 e. The summed E-state index contributed by atoms with van der Waals surface area (Å²) in [6, 6.07) is 20.2. The molecule has 3 atom stereocenters. The lowest BCUT2D eigenvalue weighted by atomic mass is 9.89. The summed E-state index contributed by atoms with van der Waals surface area (Å²) in [5.74, 6) is 0.553. The molecular formula is C18H23N3. The zero-order valence-corrected chi connectivity index (χ0v) is 12.6. The van der Waals surface area contributed by atoms with E-state index in [4.69, 9.17) is 0 Å². The average Bonchev–Trinajstić information content (AvgIpc) is 2.90.